The van der Waals surface area contributed by atoms with Gasteiger partial charge in [-0.2, -0.15) is 0 Å². The van der Waals surface area contributed by atoms with Gasteiger partial charge in [-0.25, -0.2) is 4.39 Å². The summed E-state index contributed by atoms with van der Waals surface area (Å²) in [7, 11) is 3.55. The van der Waals surface area contributed by atoms with Crippen molar-refractivity contribution in [3.8, 4) is 5.75 Å². The van der Waals surface area contributed by atoms with Crippen LogP contribution >= 0.6 is 15.9 Å². The molecule has 0 saturated carbocycles. The Morgan fingerprint density at radius 1 is 1.24 bits per heavy atom. The Balaban J connectivity index is 2.30. The van der Waals surface area contributed by atoms with E-state index in [4.69, 9.17) is 4.74 Å². The molecule has 1 N–H and O–H groups in total. The molecule has 0 aliphatic heterocycles. The molecular weight excluding hydrogens is 333 g/mol. The molecule has 0 fully saturated rings. The van der Waals surface area contributed by atoms with Crippen LogP contribution in [0.1, 0.15) is 22.7 Å². The molecule has 0 heterocycles. The van der Waals surface area contributed by atoms with Crippen LogP contribution < -0.4 is 10.1 Å². The van der Waals surface area contributed by atoms with Crippen molar-refractivity contribution in [3.63, 3.8) is 0 Å². The maximum atomic E-state index is 13.7. The highest BCUT2D eigenvalue weighted by Gasteiger charge is 2.15. The van der Waals surface area contributed by atoms with Crippen LogP contribution in [0.25, 0.3) is 0 Å². The lowest BCUT2D eigenvalue weighted by molar-refractivity contribution is 0.406. The molecule has 1 unspecified atom stereocenters. The van der Waals surface area contributed by atoms with E-state index in [1.807, 2.05) is 25.2 Å². The second-order valence-corrected chi connectivity index (χ2v) is 5.89. The minimum Gasteiger partial charge on any atom is -0.496 e. The molecule has 0 bridgehead atoms. The maximum absolute atomic E-state index is 13.7. The minimum atomic E-state index is -0.246. The van der Waals surface area contributed by atoms with Crippen molar-refractivity contribution in [3.05, 3.63) is 63.4 Å². The van der Waals surface area contributed by atoms with Gasteiger partial charge >= 0.3 is 0 Å². The molecule has 0 radical (unpaired) electrons. The average Bonchev–Trinajstić information content (AvgIpc) is 2.48. The van der Waals surface area contributed by atoms with Crippen molar-refractivity contribution >= 4 is 15.9 Å². The molecule has 21 heavy (non-hydrogen) atoms. The summed E-state index contributed by atoms with van der Waals surface area (Å²) in [6, 6.07) is 11.4. The van der Waals surface area contributed by atoms with Gasteiger partial charge in [0, 0.05) is 6.04 Å². The Labute approximate surface area is 133 Å². The molecule has 2 aromatic carbocycles. The van der Waals surface area contributed by atoms with Gasteiger partial charge in [0.15, 0.2) is 0 Å². The van der Waals surface area contributed by atoms with Gasteiger partial charge < -0.3 is 10.1 Å². The Kier molecular flexibility index (Phi) is 5.37. The topological polar surface area (TPSA) is 21.3 Å². The number of ether oxygens (including phenoxy) is 1. The number of benzene rings is 2. The number of methoxy groups -OCH3 is 1. The SMILES string of the molecule is CNC(Cc1cc(C)ccc1OC)c1ccc(Br)c(F)c1. The fraction of sp³-hybridized carbons (Fsp3) is 0.294. The lowest BCUT2D eigenvalue weighted by Crippen LogP contribution is -2.19. The molecule has 1 atom stereocenters. The first kappa shape index (κ1) is 16.0. The average molecular weight is 352 g/mol. The van der Waals surface area contributed by atoms with E-state index in [9.17, 15) is 4.39 Å². The molecule has 2 aromatic rings. The molecule has 2 rings (SSSR count). The van der Waals surface area contributed by atoms with Crippen molar-refractivity contribution in [1.29, 1.82) is 0 Å². The van der Waals surface area contributed by atoms with E-state index in [2.05, 4.69) is 34.2 Å². The Morgan fingerprint density at radius 2 is 2.00 bits per heavy atom. The van der Waals surface area contributed by atoms with Gasteiger partial charge in [0.2, 0.25) is 0 Å². The van der Waals surface area contributed by atoms with Gasteiger partial charge in [0.25, 0.3) is 0 Å². The molecule has 0 amide bonds. The number of aryl methyl sites for hydroxylation is 1. The second kappa shape index (κ2) is 7.05. The molecule has 0 saturated heterocycles. The van der Waals surface area contributed by atoms with Crippen molar-refractivity contribution in [1.82, 2.24) is 5.32 Å². The summed E-state index contributed by atoms with van der Waals surface area (Å²) >= 11 is 3.18. The Hall–Kier alpha value is -1.39. The molecule has 4 heteroatoms. The molecule has 0 spiro atoms. The fourth-order valence-corrected chi connectivity index (χ4v) is 2.65. The van der Waals surface area contributed by atoms with Crippen LogP contribution in [0.15, 0.2) is 40.9 Å². The number of likely N-dealkylation sites (N-methyl/N-ethyl adjacent to an activating group) is 1. The highest BCUT2D eigenvalue weighted by Crippen LogP contribution is 2.27. The highest BCUT2D eigenvalue weighted by molar-refractivity contribution is 9.10. The molecule has 0 aliphatic rings. The van der Waals surface area contributed by atoms with Crippen LogP contribution in [0.3, 0.4) is 0 Å². The van der Waals surface area contributed by atoms with Crippen molar-refractivity contribution < 1.29 is 9.13 Å². The lowest BCUT2D eigenvalue weighted by atomic mass is 9.97. The second-order valence-electron chi connectivity index (χ2n) is 5.03. The van der Waals surface area contributed by atoms with Crippen LogP contribution in [0.5, 0.6) is 5.75 Å². The Bertz CT molecular complexity index is 630. The zero-order chi connectivity index (χ0) is 15.4. The third kappa shape index (κ3) is 3.83. The quantitative estimate of drug-likeness (QED) is 0.861. The summed E-state index contributed by atoms with van der Waals surface area (Å²) in [6.45, 7) is 2.05. The van der Waals surface area contributed by atoms with Crippen LogP contribution in [-0.2, 0) is 6.42 Å². The van der Waals surface area contributed by atoms with Crippen molar-refractivity contribution in [2.24, 2.45) is 0 Å². The van der Waals surface area contributed by atoms with Crippen LogP contribution in [-0.4, -0.2) is 14.2 Å². The third-order valence-corrected chi connectivity index (χ3v) is 4.20. The van der Waals surface area contributed by atoms with E-state index in [0.29, 0.717) is 4.47 Å². The minimum absolute atomic E-state index is 0.0308. The van der Waals surface area contributed by atoms with Gasteiger partial charge in [-0.15, -0.1) is 0 Å². The molecule has 2 nitrogen and oxygen atoms in total. The van der Waals surface area contributed by atoms with Gasteiger partial charge in [-0.1, -0.05) is 23.8 Å². The van der Waals surface area contributed by atoms with E-state index in [1.165, 1.54) is 5.56 Å². The molecule has 112 valence electrons. The largest absolute Gasteiger partial charge is 0.496 e. The van der Waals surface area contributed by atoms with Crippen LogP contribution in [0.4, 0.5) is 4.39 Å². The first-order chi connectivity index (χ1) is 10.0. The predicted octanol–water partition coefficient (Wildman–Crippen LogP) is 4.41. The lowest BCUT2D eigenvalue weighted by Gasteiger charge is -2.19. The van der Waals surface area contributed by atoms with E-state index >= 15 is 0 Å². The fourth-order valence-electron chi connectivity index (χ4n) is 2.40. The van der Waals surface area contributed by atoms with Crippen molar-refractivity contribution in [2.45, 2.75) is 19.4 Å². The van der Waals surface area contributed by atoms with Gasteiger partial charge in [0.05, 0.1) is 11.6 Å². The number of rotatable bonds is 5. The van der Waals surface area contributed by atoms with Crippen LogP contribution in [0.2, 0.25) is 0 Å². The third-order valence-electron chi connectivity index (χ3n) is 3.55. The first-order valence-electron chi connectivity index (χ1n) is 6.81. The molecule has 0 aliphatic carbocycles. The predicted molar refractivity (Wildman–Crippen MR) is 87.3 cm³/mol. The summed E-state index contributed by atoms with van der Waals surface area (Å²) in [5.74, 6) is 0.613. The normalized spacial score (nSPS) is 12.2. The Morgan fingerprint density at radius 3 is 2.62 bits per heavy atom. The highest BCUT2D eigenvalue weighted by atomic mass is 79.9. The van der Waals surface area contributed by atoms with Crippen LogP contribution in [0, 0.1) is 12.7 Å². The number of halogens is 2. The van der Waals surface area contributed by atoms with Gasteiger partial charge in [-0.05, 0) is 65.6 Å². The van der Waals surface area contributed by atoms with E-state index in [-0.39, 0.29) is 11.9 Å². The number of hydrogen-bond acceptors (Lipinski definition) is 2. The number of hydrogen-bond donors (Lipinski definition) is 1. The summed E-state index contributed by atoms with van der Waals surface area (Å²) in [4.78, 5) is 0. The monoisotopic (exact) mass is 351 g/mol. The van der Waals surface area contributed by atoms with E-state index < -0.39 is 0 Å². The van der Waals surface area contributed by atoms with Gasteiger partial charge in [-0.3, -0.25) is 0 Å². The first-order valence-corrected chi connectivity index (χ1v) is 7.60. The van der Waals surface area contributed by atoms with E-state index in [1.54, 1.807) is 19.2 Å². The zero-order valence-corrected chi connectivity index (χ0v) is 14.0. The summed E-state index contributed by atoms with van der Waals surface area (Å²) < 4.78 is 19.6. The summed E-state index contributed by atoms with van der Waals surface area (Å²) in [5, 5.41) is 3.25. The number of nitrogens with one attached hydrogen (secondary N) is 1. The smallest absolute Gasteiger partial charge is 0.137 e. The van der Waals surface area contributed by atoms with E-state index in [0.717, 1.165) is 23.3 Å². The standard InChI is InChI=1S/C17H19BrFNO/c1-11-4-7-17(21-3)13(8-11)10-16(20-2)12-5-6-14(18)15(19)9-12/h4-9,16,20H,10H2,1-3H3. The molecule has 0 aromatic heterocycles. The van der Waals surface area contributed by atoms with Crippen molar-refractivity contribution in [2.75, 3.05) is 14.2 Å². The van der Waals surface area contributed by atoms with Gasteiger partial charge in [0.1, 0.15) is 11.6 Å². The molecular formula is C17H19BrFNO. The summed E-state index contributed by atoms with van der Waals surface area (Å²) in [5.41, 5.74) is 3.21. The zero-order valence-electron chi connectivity index (χ0n) is 12.4. The summed E-state index contributed by atoms with van der Waals surface area (Å²) in [6.07, 6.45) is 0.739. The maximum Gasteiger partial charge on any atom is 0.137 e.